The molecule has 3 rings (SSSR count). The second-order valence-corrected chi connectivity index (χ2v) is 7.53. The van der Waals surface area contributed by atoms with Crippen molar-refractivity contribution in [3.8, 4) is 17.7 Å². The molecule has 3 atom stereocenters. The first kappa shape index (κ1) is 23.4. The van der Waals surface area contributed by atoms with Crippen LogP contribution in [0.4, 0.5) is 5.69 Å². The molecule has 0 aromatic heterocycles. The van der Waals surface area contributed by atoms with Gasteiger partial charge in [-0.2, -0.15) is 10.3 Å². The van der Waals surface area contributed by atoms with Gasteiger partial charge in [-0.05, 0) is 32.1 Å². The maximum absolute atomic E-state index is 11.8. The van der Waals surface area contributed by atoms with E-state index in [9.17, 15) is 15.2 Å². The fourth-order valence-electron chi connectivity index (χ4n) is 3.86. The number of nitriles is 1. The molecule has 1 aliphatic carbocycles. The molecular formula is C21H24N4O7. The van der Waals surface area contributed by atoms with Gasteiger partial charge in [0.1, 0.15) is 17.6 Å². The summed E-state index contributed by atoms with van der Waals surface area (Å²) in [6.07, 6.45) is 4.64. The van der Waals surface area contributed by atoms with Crippen molar-refractivity contribution in [2.24, 2.45) is 10.7 Å². The number of fused-ring (bicyclic) bond motifs is 1. The van der Waals surface area contributed by atoms with Crippen LogP contribution in [0.3, 0.4) is 0 Å². The van der Waals surface area contributed by atoms with Gasteiger partial charge in [0.25, 0.3) is 0 Å². The molecule has 0 saturated heterocycles. The molecule has 2 aliphatic rings. The first-order valence-electron chi connectivity index (χ1n) is 9.69. The number of nitrogens with two attached hydrogens (primary N) is 1. The lowest BCUT2D eigenvalue weighted by molar-refractivity contribution is -0.385. The van der Waals surface area contributed by atoms with Crippen molar-refractivity contribution in [2.45, 2.75) is 44.3 Å². The van der Waals surface area contributed by atoms with Gasteiger partial charge in [-0.15, -0.1) is 0 Å². The Balaban J connectivity index is 2.09. The molecule has 11 nitrogen and oxygen atoms in total. The zero-order valence-corrected chi connectivity index (χ0v) is 18.1. The van der Waals surface area contributed by atoms with E-state index in [1.165, 1.54) is 20.3 Å². The lowest BCUT2D eigenvalue weighted by atomic mass is 9.84. The predicted octanol–water partition coefficient (Wildman–Crippen LogP) is 2.18. The Morgan fingerprint density at radius 1 is 1.44 bits per heavy atom. The van der Waals surface area contributed by atoms with Gasteiger partial charge in [0.05, 0.1) is 16.7 Å². The summed E-state index contributed by atoms with van der Waals surface area (Å²) in [5.41, 5.74) is 5.70. The second-order valence-electron chi connectivity index (χ2n) is 7.53. The van der Waals surface area contributed by atoms with E-state index in [0.29, 0.717) is 23.5 Å². The van der Waals surface area contributed by atoms with Gasteiger partial charge < -0.3 is 29.8 Å². The number of aliphatic imine (C=N–C) groups is 1. The van der Waals surface area contributed by atoms with Crippen LogP contribution in [0.5, 0.6) is 11.5 Å². The van der Waals surface area contributed by atoms with E-state index in [-0.39, 0.29) is 22.7 Å². The normalized spacial score (nSPS) is 25.7. The van der Waals surface area contributed by atoms with Crippen LogP contribution < -0.4 is 15.2 Å². The molecule has 0 amide bonds. The fourth-order valence-corrected chi connectivity index (χ4v) is 3.86. The first-order chi connectivity index (χ1) is 15.2. The van der Waals surface area contributed by atoms with E-state index in [0.717, 1.165) is 0 Å². The van der Waals surface area contributed by atoms with Crippen LogP contribution in [0.1, 0.15) is 30.5 Å². The van der Waals surface area contributed by atoms with Gasteiger partial charge in [0.15, 0.2) is 11.9 Å². The number of nitro benzene ring substituents is 1. The van der Waals surface area contributed by atoms with Crippen LogP contribution >= 0.6 is 0 Å². The number of methoxy groups -OCH3 is 2. The number of rotatable bonds is 6. The summed E-state index contributed by atoms with van der Waals surface area (Å²) in [5.74, 6) is 0.572. The first-order valence-corrected chi connectivity index (χ1v) is 9.69. The third kappa shape index (κ3) is 3.96. The highest BCUT2D eigenvalue weighted by Gasteiger charge is 2.52. The Hall–Kier alpha value is -3.30. The van der Waals surface area contributed by atoms with E-state index in [2.05, 4.69) is 4.99 Å². The monoisotopic (exact) mass is 444 g/mol. The van der Waals surface area contributed by atoms with Crippen molar-refractivity contribution in [3.05, 3.63) is 51.3 Å². The highest BCUT2D eigenvalue weighted by molar-refractivity contribution is 5.98. The molecule has 11 heteroatoms. The molecule has 1 aromatic rings. The summed E-state index contributed by atoms with van der Waals surface area (Å²) in [7, 11) is 2.80. The van der Waals surface area contributed by atoms with Gasteiger partial charge in [-0.3, -0.25) is 10.1 Å². The SMILES string of the molecule is COC(OC)[C@@]1(C)Oc2c(cc([N+](=O)[O-])c(OC3=CCC(=NC#N)C=C3)c2C)[C@@H](N)[C@@H]1O. The van der Waals surface area contributed by atoms with Crippen LogP contribution in [0.15, 0.2) is 35.0 Å². The van der Waals surface area contributed by atoms with Crippen molar-refractivity contribution in [3.63, 3.8) is 0 Å². The third-order valence-electron chi connectivity index (χ3n) is 5.54. The molecule has 1 aromatic carbocycles. The topological polar surface area (TPSA) is 162 Å². The van der Waals surface area contributed by atoms with Crippen molar-refractivity contribution < 1.29 is 29.0 Å². The molecule has 3 N–H and O–H groups in total. The van der Waals surface area contributed by atoms with Gasteiger partial charge in [0.2, 0.25) is 11.9 Å². The van der Waals surface area contributed by atoms with E-state index in [4.69, 9.17) is 29.9 Å². The maximum atomic E-state index is 11.8. The number of hydrogen-bond donors (Lipinski definition) is 2. The molecule has 0 fully saturated rings. The van der Waals surface area contributed by atoms with E-state index >= 15 is 0 Å². The Bertz CT molecular complexity index is 1060. The van der Waals surface area contributed by atoms with Crippen molar-refractivity contribution in [1.82, 2.24) is 0 Å². The number of allylic oxidation sites excluding steroid dienone is 3. The van der Waals surface area contributed by atoms with E-state index < -0.39 is 29.0 Å². The molecular weight excluding hydrogens is 420 g/mol. The summed E-state index contributed by atoms with van der Waals surface area (Å²) in [6, 6.07) is 0.247. The minimum absolute atomic E-state index is 0.0253. The molecule has 1 heterocycles. The largest absolute Gasteiger partial charge is 0.479 e. The molecule has 0 spiro atoms. The summed E-state index contributed by atoms with van der Waals surface area (Å²) in [4.78, 5) is 14.9. The molecule has 0 saturated carbocycles. The van der Waals surface area contributed by atoms with Crippen molar-refractivity contribution in [1.29, 1.82) is 5.26 Å². The summed E-state index contributed by atoms with van der Waals surface area (Å²) in [5, 5.41) is 31.3. The third-order valence-corrected chi connectivity index (χ3v) is 5.54. The van der Waals surface area contributed by atoms with E-state index in [1.54, 1.807) is 38.3 Å². The van der Waals surface area contributed by atoms with Gasteiger partial charge >= 0.3 is 5.69 Å². The maximum Gasteiger partial charge on any atom is 0.312 e. The molecule has 170 valence electrons. The van der Waals surface area contributed by atoms with Crippen molar-refractivity contribution in [2.75, 3.05) is 14.2 Å². The van der Waals surface area contributed by atoms with Gasteiger partial charge in [0, 0.05) is 37.8 Å². The number of hydrogen-bond acceptors (Lipinski definition) is 10. The lowest BCUT2D eigenvalue weighted by Crippen LogP contribution is -2.61. The zero-order chi connectivity index (χ0) is 23.6. The molecule has 0 bridgehead atoms. The number of ether oxygens (including phenoxy) is 4. The van der Waals surface area contributed by atoms with E-state index in [1.807, 2.05) is 0 Å². The molecule has 0 radical (unpaired) electrons. The Labute approximate surface area is 184 Å². The van der Waals surface area contributed by atoms with Gasteiger partial charge in [-0.1, -0.05) is 0 Å². The van der Waals surface area contributed by atoms with Crippen LogP contribution in [0.25, 0.3) is 0 Å². The Kier molecular flexibility index (Phi) is 6.61. The Morgan fingerprint density at radius 2 is 2.12 bits per heavy atom. The molecule has 0 unspecified atom stereocenters. The smallest absolute Gasteiger partial charge is 0.312 e. The number of aliphatic hydroxyl groups is 1. The summed E-state index contributed by atoms with van der Waals surface area (Å²) in [6.45, 7) is 3.19. The van der Waals surface area contributed by atoms with Crippen LogP contribution in [-0.4, -0.2) is 48.0 Å². The second kappa shape index (κ2) is 9.05. The zero-order valence-electron chi connectivity index (χ0n) is 18.1. The minimum Gasteiger partial charge on any atom is -0.479 e. The number of nitro groups is 1. The van der Waals surface area contributed by atoms with Crippen LogP contribution in [-0.2, 0) is 9.47 Å². The average Bonchev–Trinajstić information content (AvgIpc) is 2.76. The molecule has 32 heavy (non-hydrogen) atoms. The van der Waals surface area contributed by atoms with Crippen LogP contribution in [0, 0.1) is 28.5 Å². The standard InChI is InChI=1S/C21H24N4O7/c1-11-17-14(16(23)19(26)21(2,32-17)20(29-3)30-4)9-15(25(27)28)18(11)31-13-7-5-12(6-8-13)24-10-22/h5,7-9,16,19-20,26H,6,23H2,1-4H3/t16-,19+,21+/m1/s1. The average molecular weight is 444 g/mol. The Morgan fingerprint density at radius 3 is 2.66 bits per heavy atom. The number of nitrogens with zero attached hydrogens (tertiary/aromatic N) is 3. The minimum atomic E-state index is -1.39. The van der Waals surface area contributed by atoms with Crippen LogP contribution in [0.2, 0.25) is 0 Å². The highest BCUT2D eigenvalue weighted by Crippen LogP contribution is 2.49. The van der Waals surface area contributed by atoms with Gasteiger partial charge in [-0.25, -0.2) is 0 Å². The number of benzene rings is 1. The molecule has 1 aliphatic heterocycles. The highest BCUT2D eigenvalue weighted by atomic mass is 16.7. The lowest BCUT2D eigenvalue weighted by Gasteiger charge is -2.46. The number of aliphatic hydroxyl groups excluding tert-OH is 1. The summed E-state index contributed by atoms with van der Waals surface area (Å²) >= 11 is 0. The quantitative estimate of drug-likeness (QED) is 0.290. The summed E-state index contributed by atoms with van der Waals surface area (Å²) < 4.78 is 22.6. The fraction of sp³-hybridized carbons (Fsp3) is 0.429. The van der Waals surface area contributed by atoms with Crippen molar-refractivity contribution >= 4 is 11.4 Å². The predicted molar refractivity (Wildman–Crippen MR) is 113 cm³/mol.